The highest BCUT2D eigenvalue weighted by Gasteiger charge is 2.36. The highest BCUT2D eigenvalue weighted by atomic mass is 35.8. The van der Waals surface area contributed by atoms with Gasteiger partial charge in [-0.25, -0.2) is 0 Å². The van der Waals surface area contributed by atoms with Crippen LogP contribution in [-0.4, -0.2) is 19.5 Å². The van der Waals surface area contributed by atoms with Crippen molar-refractivity contribution in [3.63, 3.8) is 0 Å². The van der Waals surface area contributed by atoms with Gasteiger partial charge >= 0.3 is 12.9 Å². The van der Waals surface area contributed by atoms with Crippen molar-refractivity contribution in [1.82, 2.24) is 0 Å². The second kappa shape index (κ2) is 17.7. The maximum Gasteiger partial charge on any atom is 0.389 e. The fourth-order valence-electron chi connectivity index (χ4n) is 2.88. The van der Waals surface area contributed by atoms with Gasteiger partial charge in [-0.1, -0.05) is 90.4 Å². The van der Waals surface area contributed by atoms with E-state index in [-0.39, 0.29) is 0 Å². The first-order valence-electron chi connectivity index (χ1n) is 10.4. The van der Waals surface area contributed by atoms with E-state index in [1.54, 1.807) is 0 Å². The summed E-state index contributed by atoms with van der Waals surface area (Å²) >= 11 is 30.0. The average molecular weight is 503 g/mol. The van der Waals surface area contributed by atoms with Crippen molar-refractivity contribution in [3.8, 4) is 0 Å². The molecule has 0 aromatic rings. The molecule has 0 N–H and O–H groups in total. The Hall–Kier alpha value is 1.84. The molecule has 0 saturated heterocycles. The summed E-state index contributed by atoms with van der Waals surface area (Å²) in [6, 6.07) is -1.69. The predicted octanol–water partition coefficient (Wildman–Crippen LogP) is 9.56. The van der Waals surface area contributed by atoms with Crippen LogP contribution in [0, 0.1) is 0 Å². The summed E-state index contributed by atoms with van der Waals surface area (Å²) in [5.41, 5.74) is 0. The van der Waals surface area contributed by atoms with Gasteiger partial charge in [0.15, 0.2) is 0 Å². The van der Waals surface area contributed by atoms with Crippen LogP contribution in [0.5, 0.6) is 0 Å². The molecule has 0 atom stereocenters. The van der Waals surface area contributed by atoms with Gasteiger partial charge in [0.2, 0.25) is 0 Å². The van der Waals surface area contributed by atoms with Crippen molar-refractivity contribution in [2.75, 3.05) is 6.61 Å². The molecular weight excluding hydrogens is 466 g/mol. The molecule has 0 aliphatic heterocycles. The summed E-state index contributed by atoms with van der Waals surface area (Å²) in [6.07, 6.45) is 18.8. The van der Waals surface area contributed by atoms with Gasteiger partial charge in [0, 0.05) is 6.61 Å². The number of rotatable bonds is 19. The van der Waals surface area contributed by atoms with Gasteiger partial charge in [0.25, 0.3) is 0 Å². The summed E-state index contributed by atoms with van der Waals surface area (Å²) in [7, 11) is 0. The molecule has 0 bridgehead atoms. The summed E-state index contributed by atoms with van der Waals surface area (Å²) in [4.78, 5) is 0. The number of hydrogen-bond donors (Lipinski definition) is 0. The Kier molecular flexibility index (Phi) is 18.9. The molecule has 1 nitrogen and oxygen atoms in total. The largest absolute Gasteiger partial charge is 0.392 e. The molecule has 0 aromatic carbocycles. The SMILES string of the molecule is CCCCCCCCCCCCCCCCO[Si](Cl)(Cl)CC[Si](Cl)(Cl)Cl. The molecule has 0 unspecified atom stereocenters. The van der Waals surface area contributed by atoms with Crippen LogP contribution >= 0.6 is 55.4 Å². The minimum Gasteiger partial charge on any atom is -0.392 e. The monoisotopic (exact) mass is 500 g/mol. The van der Waals surface area contributed by atoms with E-state index in [1.165, 1.54) is 83.5 Å². The Balaban J connectivity index is 3.28. The standard InChI is InChI=1S/C18H37Cl5OSi2/c1-2-3-4-5-6-7-8-9-10-11-12-13-14-15-16-24-26(22,23)18-17-25(19,20)21/h2-18H2,1H3. The van der Waals surface area contributed by atoms with Crippen molar-refractivity contribution in [3.05, 3.63) is 0 Å². The van der Waals surface area contributed by atoms with E-state index in [9.17, 15) is 0 Å². The van der Waals surface area contributed by atoms with Crippen LogP contribution in [0.15, 0.2) is 0 Å². The molecule has 0 amide bonds. The first-order chi connectivity index (χ1) is 12.3. The van der Waals surface area contributed by atoms with Crippen molar-refractivity contribution >= 4 is 68.3 Å². The van der Waals surface area contributed by atoms with E-state index < -0.39 is 12.9 Å². The molecule has 158 valence electrons. The van der Waals surface area contributed by atoms with E-state index in [0.717, 1.165) is 6.42 Å². The minimum atomic E-state index is -2.69. The highest BCUT2D eigenvalue weighted by Crippen LogP contribution is 2.33. The van der Waals surface area contributed by atoms with Crippen molar-refractivity contribution in [1.29, 1.82) is 0 Å². The molecule has 0 spiro atoms. The van der Waals surface area contributed by atoms with Gasteiger partial charge in [-0.05, 0) is 18.5 Å². The Bertz CT molecular complexity index is 314. The lowest BCUT2D eigenvalue weighted by molar-refractivity contribution is 0.310. The molecule has 0 radical (unpaired) electrons. The Morgan fingerprint density at radius 1 is 0.538 bits per heavy atom. The molecular formula is C18H37Cl5OSi2. The number of halogens is 5. The molecule has 0 rings (SSSR count). The maximum atomic E-state index is 6.23. The minimum absolute atomic E-state index is 0.468. The zero-order chi connectivity index (χ0) is 19.7. The van der Waals surface area contributed by atoms with Crippen molar-refractivity contribution in [2.24, 2.45) is 0 Å². The van der Waals surface area contributed by atoms with Crippen LogP contribution in [0.1, 0.15) is 96.8 Å². The van der Waals surface area contributed by atoms with Crippen LogP contribution < -0.4 is 0 Å². The zero-order valence-corrected chi connectivity index (χ0v) is 22.1. The lowest BCUT2D eigenvalue weighted by Crippen LogP contribution is -2.27. The first-order valence-corrected chi connectivity index (χ1v) is 19.7. The predicted molar refractivity (Wildman–Crippen MR) is 127 cm³/mol. The van der Waals surface area contributed by atoms with Crippen LogP contribution in [0.2, 0.25) is 12.1 Å². The van der Waals surface area contributed by atoms with Crippen LogP contribution in [0.25, 0.3) is 0 Å². The molecule has 0 saturated carbocycles. The smallest absolute Gasteiger partial charge is 0.389 e. The molecule has 8 heteroatoms. The molecule has 0 fully saturated rings. The fraction of sp³-hybridized carbons (Fsp3) is 1.00. The molecule has 0 aliphatic carbocycles. The normalized spacial score (nSPS) is 12.7. The molecule has 26 heavy (non-hydrogen) atoms. The Morgan fingerprint density at radius 2 is 0.923 bits per heavy atom. The van der Waals surface area contributed by atoms with E-state index >= 15 is 0 Å². The van der Waals surface area contributed by atoms with Gasteiger partial charge < -0.3 is 4.43 Å². The molecule has 0 aliphatic rings. The van der Waals surface area contributed by atoms with E-state index in [4.69, 9.17) is 59.8 Å². The zero-order valence-electron chi connectivity index (χ0n) is 16.3. The summed E-state index contributed by atoms with van der Waals surface area (Å²) < 4.78 is 5.65. The molecule has 0 heterocycles. The van der Waals surface area contributed by atoms with Crippen LogP contribution in [-0.2, 0) is 4.43 Å². The van der Waals surface area contributed by atoms with E-state index in [2.05, 4.69) is 6.92 Å². The topological polar surface area (TPSA) is 9.23 Å². The van der Waals surface area contributed by atoms with Crippen LogP contribution in [0.4, 0.5) is 0 Å². The second-order valence-corrected chi connectivity index (χ2v) is 22.8. The van der Waals surface area contributed by atoms with Gasteiger partial charge in [-0.3, -0.25) is 0 Å². The van der Waals surface area contributed by atoms with Crippen molar-refractivity contribution < 1.29 is 4.43 Å². The molecule has 0 aromatic heterocycles. The lowest BCUT2D eigenvalue weighted by atomic mass is 10.0. The van der Waals surface area contributed by atoms with Crippen molar-refractivity contribution in [2.45, 2.75) is 109 Å². The van der Waals surface area contributed by atoms with Crippen LogP contribution in [0.3, 0.4) is 0 Å². The number of unbranched alkanes of at least 4 members (excludes halogenated alkanes) is 13. The number of hydrogen-bond acceptors (Lipinski definition) is 1. The van der Waals surface area contributed by atoms with E-state index in [0.29, 0.717) is 18.7 Å². The summed E-state index contributed by atoms with van der Waals surface area (Å²) in [6.45, 7) is 0.203. The van der Waals surface area contributed by atoms with Gasteiger partial charge in [-0.2, -0.15) is 0 Å². The second-order valence-electron chi connectivity index (χ2n) is 7.20. The highest BCUT2D eigenvalue weighted by molar-refractivity contribution is 7.65. The van der Waals surface area contributed by atoms with Gasteiger partial charge in [-0.15, -0.1) is 55.4 Å². The fourth-order valence-corrected chi connectivity index (χ4v) is 10.5. The Labute approximate surface area is 187 Å². The maximum absolute atomic E-state index is 6.23. The summed E-state index contributed by atoms with van der Waals surface area (Å²) in [5.74, 6) is 0. The van der Waals surface area contributed by atoms with E-state index in [1.807, 2.05) is 0 Å². The Morgan fingerprint density at radius 3 is 1.31 bits per heavy atom. The lowest BCUT2D eigenvalue weighted by Gasteiger charge is -2.18. The summed E-state index contributed by atoms with van der Waals surface area (Å²) in [5, 5.41) is 0. The quantitative estimate of drug-likeness (QED) is 0.0970. The third-order valence-electron chi connectivity index (χ3n) is 4.51. The van der Waals surface area contributed by atoms with Gasteiger partial charge in [0.1, 0.15) is 0 Å². The van der Waals surface area contributed by atoms with Gasteiger partial charge in [0.05, 0.1) is 0 Å². The third-order valence-corrected chi connectivity index (χ3v) is 10.8. The third kappa shape index (κ3) is 22.1. The first kappa shape index (κ1) is 27.8. The average Bonchev–Trinajstić information content (AvgIpc) is 2.56.